The molecule has 0 aromatic heterocycles. The fourth-order valence-corrected chi connectivity index (χ4v) is 2.95. The number of alkyl halides is 3. The number of aryl methyl sites for hydroxylation is 1. The lowest BCUT2D eigenvalue weighted by molar-refractivity contribution is -0.137. The second-order valence-electron chi connectivity index (χ2n) is 7.17. The first-order valence-electron chi connectivity index (χ1n) is 9.15. The van der Waals surface area contributed by atoms with Crippen molar-refractivity contribution in [2.75, 3.05) is 0 Å². The number of aliphatic imine (C=N–C) groups is 2. The van der Waals surface area contributed by atoms with Crippen LogP contribution in [-0.4, -0.2) is 22.7 Å². The van der Waals surface area contributed by atoms with E-state index < -0.39 is 23.5 Å². The van der Waals surface area contributed by atoms with Crippen molar-refractivity contribution in [1.29, 1.82) is 0 Å². The van der Waals surface area contributed by atoms with Gasteiger partial charge in [-0.2, -0.15) is 13.2 Å². The first kappa shape index (κ1) is 21.5. The standard InChI is InChI=1S/C21H19F4N3O2/c1-11-6-16(4-5-17(11)20(29)30)27-19(13-2-3-13)28-18(26)9-12-7-14(21(23,24)25)10-15(22)8-12/h4-8,10,13H,2-3,9H2,1H3,(H,29,30)(H2,26,27,28). The van der Waals surface area contributed by atoms with Gasteiger partial charge in [-0.1, -0.05) is 0 Å². The molecule has 158 valence electrons. The molecule has 0 amide bonds. The predicted octanol–water partition coefficient (Wildman–Crippen LogP) is 4.89. The quantitative estimate of drug-likeness (QED) is 0.409. The Morgan fingerprint density at radius 3 is 2.47 bits per heavy atom. The Morgan fingerprint density at radius 1 is 1.20 bits per heavy atom. The Balaban J connectivity index is 1.86. The van der Waals surface area contributed by atoms with Crippen LogP contribution in [0.15, 0.2) is 46.4 Å². The average molecular weight is 421 g/mol. The molecule has 2 aromatic rings. The van der Waals surface area contributed by atoms with Crippen LogP contribution in [0.1, 0.15) is 39.9 Å². The highest BCUT2D eigenvalue weighted by Crippen LogP contribution is 2.33. The maximum Gasteiger partial charge on any atom is 0.416 e. The summed E-state index contributed by atoms with van der Waals surface area (Å²) in [7, 11) is 0. The Labute approximate surface area is 170 Å². The maximum absolute atomic E-state index is 13.6. The minimum Gasteiger partial charge on any atom is -0.478 e. The van der Waals surface area contributed by atoms with Crippen LogP contribution < -0.4 is 5.73 Å². The van der Waals surface area contributed by atoms with E-state index in [2.05, 4.69) is 9.98 Å². The summed E-state index contributed by atoms with van der Waals surface area (Å²) >= 11 is 0. The Hall–Kier alpha value is -3.23. The molecule has 0 saturated heterocycles. The van der Waals surface area contributed by atoms with Gasteiger partial charge in [0, 0.05) is 12.3 Å². The van der Waals surface area contributed by atoms with E-state index in [0.29, 0.717) is 23.2 Å². The molecule has 9 heteroatoms. The van der Waals surface area contributed by atoms with Crippen LogP contribution in [0.4, 0.5) is 23.2 Å². The van der Waals surface area contributed by atoms with Crippen molar-refractivity contribution in [1.82, 2.24) is 0 Å². The van der Waals surface area contributed by atoms with Crippen molar-refractivity contribution in [3.8, 4) is 0 Å². The molecule has 0 radical (unpaired) electrons. The number of amidine groups is 2. The van der Waals surface area contributed by atoms with Crippen molar-refractivity contribution >= 4 is 23.3 Å². The molecule has 0 bridgehead atoms. The minimum atomic E-state index is -4.66. The summed E-state index contributed by atoms with van der Waals surface area (Å²) < 4.78 is 52.2. The molecule has 1 aliphatic carbocycles. The van der Waals surface area contributed by atoms with Gasteiger partial charge >= 0.3 is 12.1 Å². The Bertz CT molecular complexity index is 1040. The van der Waals surface area contributed by atoms with Crippen LogP contribution in [0.25, 0.3) is 0 Å². The van der Waals surface area contributed by atoms with Gasteiger partial charge in [0.15, 0.2) is 0 Å². The summed E-state index contributed by atoms with van der Waals surface area (Å²) in [6.45, 7) is 1.65. The molecule has 30 heavy (non-hydrogen) atoms. The van der Waals surface area contributed by atoms with Gasteiger partial charge in [0.25, 0.3) is 0 Å². The molecule has 3 N–H and O–H groups in total. The van der Waals surface area contributed by atoms with E-state index in [1.54, 1.807) is 19.1 Å². The number of halogens is 4. The Morgan fingerprint density at radius 2 is 1.90 bits per heavy atom. The van der Waals surface area contributed by atoms with Crippen molar-refractivity contribution in [2.24, 2.45) is 21.6 Å². The molecule has 1 aliphatic rings. The molecule has 0 spiro atoms. The largest absolute Gasteiger partial charge is 0.478 e. The molecule has 0 unspecified atom stereocenters. The summed E-state index contributed by atoms with van der Waals surface area (Å²) in [6.07, 6.45) is -3.13. The molecular weight excluding hydrogens is 402 g/mol. The van der Waals surface area contributed by atoms with Crippen LogP contribution in [0.2, 0.25) is 0 Å². The van der Waals surface area contributed by atoms with E-state index in [1.165, 1.54) is 6.07 Å². The molecule has 3 rings (SSSR count). The molecule has 0 heterocycles. The van der Waals surface area contributed by atoms with E-state index in [-0.39, 0.29) is 29.3 Å². The highest BCUT2D eigenvalue weighted by molar-refractivity contribution is 6.00. The monoisotopic (exact) mass is 421 g/mol. The number of carboxylic acids is 1. The maximum atomic E-state index is 13.6. The molecule has 1 saturated carbocycles. The third-order valence-electron chi connectivity index (χ3n) is 4.55. The lowest BCUT2D eigenvalue weighted by atomic mass is 10.1. The number of hydrogen-bond acceptors (Lipinski definition) is 2. The second-order valence-corrected chi connectivity index (χ2v) is 7.17. The van der Waals surface area contributed by atoms with Crippen LogP contribution in [0.3, 0.4) is 0 Å². The van der Waals surface area contributed by atoms with Gasteiger partial charge < -0.3 is 10.8 Å². The zero-order chi connectivity index (χ0) is 22.1. The summed E-state index contributed by atoms with van der Waals surface area (Å²) in [5, 5.41) is 9.11. The zero-order valence-electron chi connectivity index (χ0n) is 16.0. The number of rotatable bonds is 5. The summed E-state index contributed by atoms with van der Waals surface area (Å²) in [5.74, 6) is -1.54. The molecule has 0 aliphatic heterocycles. The van der Waals surface area contributed by atoms with Gasteiger partial charge in [-0.3, -0.25) is 0 Å². The SMILES string of the molecule is Cc1cc(N=C(N=C(N)Cc2cc(F)cc(C(F)(F)F)c2)C2CC2)ccc1C(=O)O. The fourth-order valence-electron chi connectivity index (χ4n) is 2.95. The molecule has 2 aromatic carbocycles. The highest BCUT2D eigenvalue weighted by atomic mass is 19.4. The Kier molecular flexibility index (Phi) is 5.91. The van der Waals surface area contributed by atoms with E-state index >= 15 is 0 Å². The second kappa shape index (κ2) is 8.25. The lowest BCUT2D eigenvalue weighted by Gasteiger charge is -2.10. The van der Waals surface area contributed by atoms with Crippen LogP contribution >= 0.6 is 0 Å². The first-order chi connectivity index (χ1) is 14.0. The number of nitrogens with zero attached hydrogens (tertiary/aromatic N) is 2. The third-order valence-corrected chi connectivity index (χ3v) is 4.55. The number of carbonyl (C=O) groups is 1. The average Bonchev–Trinajstić information content (AvgIpc) is 3.44. The molecule has 0 atom stereocenters. The highest BCUT2D eigenvalue weighted by Gasteiger charge is 2.31. The normalized spacial score (nSPS) is 15.4. The van der Waals surface area contributed by atoms with E-state index in [1.807, 2.05) is 0 Å². The number of hydrogen-bond donors (Lipinski definition) is 2. The number of nitrogens with two attached hydrogens (primary N) is 1. The van der Waals surface area contributed by atoms with Gasteiger partial charge in [0.05, 0.1) is 16.8 Å². The van der Waals surface area contributed by atoms with Crippen molar-refractivity contribution in [3.05, 3.63) is 64.5 Å². The minimum absolute atomic E-state index is 0.0123. The van der Waals surface area contributed by atoms with E-state index in [4.69, 9.17) is 10.8 Å². The smallest absolute Gasteiger partial charge is 0.416 e. The predicted molar refractivity (Wildman–Crippen MR) is 105 cm³/mol. The van der Waals surface area contributed by atoms with E-state index in [0.717, 1.165) is 25.0 Å². The van der Waals surface area contributed by atoms with Crippen LogP contribution in [0.5, 0.6) is 0 Å². The van der Waals surface area contributed by atoms with Crippen molar-refractivity contribution < 1.29 is 27.5 Å². The van der Waals surface area contributed by atoms with Crippen LogP contribution in [0, 0.1) is 18.7 Å². The molecule has 1 fully saturated rings. The van der Waals surface area contributed by atoms with E-state index in [9.17, 15) is 22.4 Å². The first-order valence-corrected chi connectivity index (χ1v) is 9.15. The van der Waals surface area contributed by atoms with Gasteiger partial charge in [0.1, 0.15) is 17.5 Å². The lowest BCUT2D eigenvalue weighted by Crippen LogP contribution is -2.18. The molecular formula is C21H19F4N3O2. The number of aromatic carboxylic acids is 1. The topological polar surface area (TPSA) is 88.0 Å². The fraction of sp³-hybridized carbons (Fsp3) is 0.286. The van der Waals surface area contributed by atoms with Gasteiger partial charge in [-0.25, -0.2) is 19.2 Å². The number of benzene rings is 2. The summed E-state index contributed by atoms with van der Waals surface area (Å²) in [4.78, 5) is 19.8. The van der Waals surface area contributed by atoms with Crippen LogP contribution in [-0.2, 0) is 12.6 Å². The van der Waals surface area contributed by atoms with Gasteiger partial charge in [-0.05, 0) is 67.3 Å². The van der Waals surface area contributed by atoms with Gasteiger partial charge in [0.2, 0.25) is 0 Å². The summed E-state index contributed by atoms with van der Waals surface area (Å²) in [6, 6.07) is 6.86. The van der Waals surface area contributed by atoms with Gasteiger partial charge in [-0.15, -0.1) is 0 Å². The molecule has 5 nitrogen and oxygen atoms in total. The van der Waals surface area contributed by atoms with Crippen molar-refractivity contribution in [3.63, 3.8) is 0 Å². The van der Waals surface area contributed by atoms with Crippen molar-refractivity contribution in [2.45, 2.75) is 32.4 Å². The third kappa shape index (κ3) is 5.43. The number of carboxylic acid groups (broad SMARTS) is 1. The summed E-state index contributed by atoms with van der Waals surface area (Å²) in [5.41, 5.74) is 6.09. The zero-order valence-corrected chi connectivity index (χ0v) is 16.0.